The predicted octanol–water partition coefficient (Wildman–Crippen LogP) is -1.46. The van der Waals surface area contributed by atoms with Crippen LogP contribution in [0.2, 0.25) is 0 Å². The molecule has 0 heterocycles. The van der Waals surface area contributed by atoms with Crippen molar-refractivity contribution in [2.75, 3.05) is 26.4 Å². The van der Waals surface area contributed by atoms with Gasteiger partial charge in [-0.15, -0.1) is 0 Å². The fraction of sp³-hybridized carbons (Fsp3) is 0.800. The first kappa shape index (κ1) is 17.7. The van der Waals surface area contributed by atoms with Crippen LogP contribution < -0.4 is 0 Å². The molecule has 0 radical (unpaired) electrons. The minimum absolute atomic E-state index is 0.125. The quantitative estimate of drug-likeness (QED) is 0.304. The molecule has 0 amide bonds. The van der Waals surface area contributed by atoms with Gasteiger partial charge >= 0.3 is 5.30 Å². The maximum atomic E-state index is 8.86. The number of hydrogen-bond donors (Lipinski definition) is 6. The Morgan fingerprint density at radius 3 is 1.00 bits per heavy atom. The molecule has 0 aliphatic heterocycles. The topological polar surface area (TPSA) is 118 Å². The molecule has 0 unspecified atom stereocenters. The summed E-state index contributed by atoms with van der Waals surface area (Å²) in [6, 6.07) is 0. The molecule has 0 atom stereocenters. The van der Waals surface area contributed by atoms with Gasteiger partial charge < -0.3 is 25.5 Å². The van der Waals surface area contributed by atoms with Gasteiger partial charge in [0, 0.05) is 0 Å². The average Bonchev–Trinajstić information content (AvgIpc) is 2.03. The second kappa shape index (κ2) is 22.4. The van der Waals surface area contributed by atoms with Gasteiger partial charge in [-0.25, -0.2) is 4.79 Å². The third kappa shape index (κ3) is 263. The van der Waals surface area contributed by atoms with Crippen LogP contribution in [0.5, 0.6) is 0 Å². The van der Waals surface area contributed by atoms with Crippen LogP contribution >= 0.6 is 12.6 Å². The molecule has 6 nitrogen and oxygen atoms in total. The Labute approximate surface area is 75.5 Å². The molecule has 0 fully saturated rings. The second-order valence-corrected chi connectivity index (χ2v) is 1.56. The zero-order valence-corrected chi connectivity index (χ0v) is 7.31. The van der Waals surface area contributed by atoms with Gasteiger partial charge in [0.15, 0.2) is 0 Å². The molecule has 0 aliphatic rings. The Morgan fingerprint density at radius 2 is 1.00 bits per heavy atom. The summed E-state index contributed by atoms with van der Waals surface area (Å²) in [5.74, 6) is 0. The largest absolute Gasteiger partial charge is 0.473 e. The number of carboxylic acid groups (broad SMARTS) is 1. The first-order chi connectivity index (χ1) is 5.56. The van der Waals surface area contributed by atoms with Crippen molar-refractivity contribution >= 4 is 17.9 Å². The minimum Gasteiger partial charge on any atom is -0.473 e. The van der Waals surface area contributed by atoms with Crippen LogP contribution in [0.4, 0.5) is 4.79 Å². The highest BCUT2D eigenvalue weighted by molar-refractivity contribution is 7.96. The van der Waals surface area contributed by atoms with E-state index < -0.39 is 5.30 Å². The molecular formula is C5H14O6S. The summed E-state index contributed by atoms with van der Waals surface area (Å²) in [6.45, 7) is -0.500. The van der Waals surface area contributed by atoms with Gasteiger partial charge in [-0.3, -0.25) is 0 Å². The standard InChI is InChI=1S/2C2H6O2.CH2O2S/c2*3-1-2-4;2-1(3)4/h2*3-4H,1-2H2;4H,(H,2,3). The smallest absolute Gasteiger partial charge is 0.361 e. The third-order valence-electron chi connectivity index (χ3n) is 0.200. The summed E-state index contributed by atoms with van der Waals surface area (Å²) >= 11 is 2.88. The van der Waals surface area contributed by atoms with Crippen LogP contribution in [-0.2, 0) is 0 Å². The zero-order valence-electron chi connectivity index (χ0n) is 6.42. The Balaban J connectivity index is -0.000000101. The predicted molar refractivity (Wildman–Crippen MR) is 45.4 cm³/mol. The van der Waals surface area contributed by atoms with E-state index in [0.717, 1.165) is 0 Å². The monoisotopic (exact) mass is 202 g/mol. The summed E-state index contributed by atoms with van der Waals surface area (Å²) < 4.78 is 0. The third-order valence-corrected chi connectivity index (χ3v) is 0.200. The zero-order chi connectivity index (χ0) is 10.4. The van der Waals surface area contributed by atoms with Crippen LogP contribution in [0.15, 0.2) is 0 Å². The van der Waals surface area contributed by atoms with Gasteiger partial charge in [0.05, 0.1) is 26.4 Å². The van der Waals surface area contributed by atoms with E-state index in [2.05, 4.69) is 12.6 Å². The molecule has 0 aromatic rings. The van der Waals surface area contributed by atoms with Gasteiger partial charge in [-0.1, -0.05) is 12.6 Å². The van der Waals surface area contributed by atoms with Gasteiger partial charge in [0.2, 0.25) is 0 Å². The van der Waals surface area contributed by atoms with Crippen molar-refractivity contribution in [3.05, 3.63) is 0 Å². The van der Waals surface area contributed by atoms with Crippen LogP contribution in [0.3, 0.4) is 0 Å². The van der Waals surface area contributed by atoms with Crippen molar-refractivity contribution in [1.29, 1.82) is 0 Å². The van der Waals surface area contributed by atoms with E-state index in [4.69, 9.17) is 30.3 Å². The molecule has 7 heteroatoms. The van der Waals surface area contributed by atoms with E-state index in [9.17, 15) is 0 Å². The van der Waals surface area contributed by atoms with E-state index in [0.29, 0.717) is 0 Å². The Hall–Kier alpha value is -0.340. The minimum atomic E-state index is -1.14. The molecule has 0 bridgehead atoms. The molecule has 5 N–H and O–H groups in total. The van der Waals surface area contributed by atoms with Gasteiger partial charge in [0.25, 0.3) is 0 Å². The molecule has 0 rings (SSSR count). The second-order valence-electron chi connectivity index (χ2n) is 1.18. The molecule has 76 valence electrons. The van der Waals surface area contributed by atoms with Gasteiger partial charge in [0.1, 0.15) is 0 Å². The lowest BCUT2D eigenvalue weighted by atomic mass is 10.8. The normalized spacial score (nSPS) is 7.08. The SMILES string of the molecule is O=C(O)S.OCCO.OCCO. The van der Waals surface area contributed by atoms with Gasteiger partial charge in [-0.05, 0) is 0 Å². The highest BCUT2D eigenvalue weighted by atomic mass is 32.1. The summed E-state index contributed by atoms with van der Waals surface area (Å²) in [6.07, 6.45) is 0. The Morgan fingerprint density at radius 1 is 0.917 bits per heavy atom. The number of rotatable bonds is 2. The van der Waals surface area contributed by atoms with Crippen molar-refractivity contribution in [2.45, 2.75) is 0 Å². The molecule has 0 saturated carbocycles. The highest BCUT2D eigenvalue weighted by Crippen LogP contribution is 1.66. The molecule has 0 aromatic carbocycles. The first-order valence-corrected chi connectivity index (χ1v) is 3.36. The number of hydrogen-bond acceptors (Lipinski definition) is 5. The van der Waals surface area contributed by atoms with E-state index in [1.165, 1.54) is 0 Å². The fourth-order valence-electron chi connectivity index (χ4n) is 0. The van der Waals surface area contributed by atoms with Crippen LogP contribution in [-0.4, -0.2) is 57.3 Å². The van der Waals surface area contributed by atoms with E-state index in [-0.39, 0.29) is 26.4 Å². The Bertz CT molecular complexity index is 66.3. The first-order valence-electron chi connectivity index (χ1n) is 2.92. The van der Waals surface area contributed by atoms with Crippen molar-refractivity contribution in [1.82, 2.24) is 0 Å². The van der Waals surface area contributed by atoms with Crippen LogP contribution in [0.25, 0.3) is 0 Å². The molecule has 0 saturated heterocycles. The summed E-state index contributed by atoms with van der Waals surface area (Å²) in [7, 11) is 0. The van der Waals surface area contributed by atoms with Crippen LogP contribution in [0, 0.1) is 0 Å². The van der Waals surface area contributed by atoms with Crippen molar-refractivity contribution < 1.29 is 30.3 Å². The maximum absolute atomic E-state index is 8.86. The molecule has 12 heavy (non-hydrogen) atoms. The van der Waals surface area contributed by atoms with E-state index in [1.54, 1.807) is 0 Å². The lowest BCUT2D eigenvalue weighted by molar-refractivity contribution is 0.186. The van der Waals surface area contributed by atoms with E-state index in [1.807, 2.05) is 0 Å². The summed E-state index contributed by atoms with van der Waals surface area (Å²) in [5, 5.41) is 36.6. The number of aliphatic hydroxyl groups is 4. The number of thiol groups is 1. The lowest BCUT2D eigenvalue weighted by Crippen LogP contribution is -1.85. The molecule has 0 spiro atoms. The number of carbonyl (C=O) groups is 1. The van der Waals surface area contributed by atoms with Crippen LogP contribution in [0.1, 0.15) is 0 Å². The van der Waals surface area contributed by atoms with Crippen molar-refractivity contribution in [3.8, 4) is 0 Å². The van der Waals surface area contributed by atoms with Crippen molar-refractivity contribution in [3.63, 3.8) is 0 Å². The average molecular weight is 202 g/mol. The van der Waals surface area contributed by atoms with Crippen molar-refractivity contribution in [2.24, 2.45) is 0 Å². The summed E-state index contributed by atoms with van der Waals surface area (Å²) in [4.78, 5) is 8.86. The fourth-order valence-corrected chi connectivity index (χ4v) is 0. The molecule has 0 aromatic heterocycles. The summed E-state index contributed by atoms with van der Waals surface area (Å²) in [5.41, 5.74) is 0. The number of aliphatic hydroxyl groups excluding tert-OH is 4. The van der Waals surface area contributed by atoms with Gasteiger partial charge in [-0.2, -0.15) is 0 Å². The highest BCUT2D eigenvalue weighted by Gasteiger charge is 1.67. The lowest BCUT2D eigenvalue weighted by Gasteiger charge is -1.70. The molecule has 0 aliphatic carbocycles. The maximum Gasteiger partial charge on any atom is 0.361 e. The van der Waals surface area contributed by atoms with E-state index >= 15 is 0 Å². The Kier molecular flexibility index (Phi) is 33.0. The molecular weight excluding hydrogens is 188 g/mol.